The van der Waals surface area contributed by atoms with Gasteiger partial charge in [0, 0.05) is 19.6 Å². The maximum absolute atomic E-state index is 12.3. The van der Waals surface area contributed by atoms with Crippen molar-refractivity contribution in [3.63, 3.8) is 0 Å². The molecule has 0 saturated heterocycles. The highest BCUT2D eigenvalue weighted by atomic mass is 16.5. The number of carbonyl (C=O) groups is 1. The number of rotatable bonds is 8. The van der Waals surface area contributed by atoms with Crippen LogP contribution in [-0.4, -0.2) is 36.5 Å². The normalized spacial score (nSPS) is 12.5. The zero-order chi connectivity index (χ0) is 16.7. The van der Waals surface area contributed by atoms with Gasteiger partial charge in [-0.25, -0.2) is 0 Å². The Hall–Kier alpha value is -1.55. The van der Waals surface area contributed by atoms with Crippen LogP contribution in [0.2, 0.25) is 0 Å². The summed E-state index contributed by atoms with van der Waals surface area (Å²) in [6, 6.07) is 7.87. The number of hydrogen-bond donors (Lipinski definition) is 1. The molecule has 1 aromatic carbocycles. The summed E-state index contributed by atoms with van der Waals surface area (Å²) in [5.41, 5.74) is 7.00. The van der Waals surface area contributed by atoms with Gasteiger partial charge in [-0.2, -0.15) is 0 Å². The van der Waals surface area contributed by atoms with E-state index in [0.29, 0.717) is 18.9 Å². The van der Waals surface area contributed by atoms with Crippen LogP contribution in [0.4, 0.5) is 0 Å². The van der Waals surface area contributed by atoms with Gasteiger partial charge in [-0.05, 0) is 43.9 Å². The summed E-state index contributed by atoms with van der Waals surface area (Å²) in [5, 5.41) is 0. The molecule has 0 aromatic heterocycles. The first-order chi connectivity index (χ1) is 10.3. The Morgan fingerprint density at radius 3 is 2.55 bits per heavy atom. The average Bonchev–Trinajstić information content (AvgIpc) is 2.43. The third-order valence-corrected chi connectivity index (χ3v) is 3.71. The second kappa shape index (κ2) is 8.79. The van der Waals surface area contributed by atoms with E-state index in [1.165, 1.54) is 0 Å². The molecule has 1 unspecified atom stereocenters. The van der Waals surface area contributed by atoms with E-state index in [4.69, 9.17) is 10.5 Å². The minimum absolute atomic E-state index is 0.109. The fourth-order valence-corrected chi connectivity index (χ4v) is 2.11. The Kier molecular flexibility index (Phi) is 7.39. The maximum Gasteiger partial charge on any atom is 0.226 e. The molecule has 1 amide bonds. The van der Waals surface area contributed by atoms with Crippen molar-refractivity contribution in [1.82, 2.24) is 4.90 Å². The summed E-state index contributed by atoms with van der Waals surface area (Å²) in [6.45, 7) is 8.88. The first-order valence-electron chi connectivity index (χ1n) is 8.04. The van der Waals surface area contributed by atoms with Crippen LogP contribution in [0.3, 0.4) is 0 Å². The first-order valence-corrected chi connectivity index (χ1v) is 8.04. The van der Waals surface area contributed by atoms with Crippen LogP contribution in [0, 0.1) is 5.92 Å². The Morgan fingerprint density at radius 2 is 1.95 bits per heavy atom. The molecule has 0 spiro atoms. The summed E-state index contributed by atoms with van der Waals surface area (Å²) in [7, 11) is 1.84. The quantitative estimate of drug-likeness (QED) is 0.803. The fourth-order valence-electron chi connectivity index (χ4n) is 2.11. The van der Waals surface area contributed by atoms with Gasteiger partial charge in [-0.1, -0.05) is 26.0 Å². The van der Waals surface area contributed by atoms with Crippen LogP contribution in [0.25, 0.3) is 0 Å². The number of nitrogens with two attached hydrogens (primary N) is 1. The van der Waals surface area contributed by atoms with Crippen LogP contribution in [0.5, 0.6) is 5.75 Å². The third kappa shape index (κ3) is 6.48. The smallest absolute Gasteiger partial charge is 0.226 e. The molecule has 0 saturated carbocycles. The standard InChI is InChI=1S/C18H30N2O2/c1-13(2)17(19)9-10-20(5)18(21)12-15-7-6-8-16(11-15)22-14(3)4/h6-8,11,13-14,17H,9-10,12,19H2,1-5H3. The highest BCUT2D eigenvalue weighted by molar-refractivity contribution is 5.78. The highest BCUT2D eigenvalue weighted by Gasteiger charge is 2.13. The van der Waals surface area contributed by atoms with Crippen molar-refractivity contribution in [1.29, 1.82) is 0 Å². The van der Waals surface area contributed by atoms with E-state index in [2.05, 4.69) is 13.8 Å². The Labute approximate surface area is 134 Å². The van der Waals surface area contributed by atoms with Crippen molar-refractivity contribution in [2.24, 2.45) is 11.7 Å². The lowest BCUT2D eigenvalue weighted by molar-refractivity contribution is -0.129. The van der Waals surface area contributed by atoms with Crippen LogP contribution in [0.1, 0.15) is 39.7 Å². The van der Waals surface area contributed by atoms with Crippen molar-refractivity contribution >= 4 is 5.91 Å². The van der Waals surface area contributed by atoms with Crippen molar-refractivity contribution in [2.45, 2.75) is 52.7 Å². The first kappa shape index (κ1) is 18.5. The predicted molar refractivity (Wildman–Crippen MR) is 91.0 cm³/mol. The largest absolute Gasteiger partial charge is 0.491 e. The van der Waals surface area contributed by atoms with E-state index in [1.54, 1.807) is 4.90 Å². The highest BCUT2D eigenvalue weighted by Crippen LogP contribution is 2.16. The van der Waals surface area contributed by atoms with Crippen molar-refractivity contribution < 1.29 is 9.53 Å². The van der Waals surface area contributed by atoms with Crippen LogP contribution in [-0.2, 0) is 11.2 Å². The van der Waals surface area contributed by atoms with E-state index >= 15 is 0 Å². The molecule has 1 rings (SSSR count). The molecule has 0 aliphatic rings. The molecule has 2 N–H and O–H groups in total. The van der Waals surface area contributed by atoms with Crippen LogP contribution < -0.4 is 10.5 Å². The van der Waals surface area contributed by atoms with Gasteiger partial charge < -0.3 is 15.4 Å². The lowest BCUT2D eigenvalue weighted by Gasteiger charge is -2.21. The Morgan fingerprint density at radius 1 is 1.27 bits per heavy atom. The second-order valence-electron chi connectivity index (χ2n) is 6.50. The number of likely N-dealkylation sites (N-methyl/N-ethyl adjacent to an activating group) is 1. The average molecular weight is 306 g/mol. The number of nitrogens with zero attached hydrogens (tertiary/aromatic N) is 1. The SMILES string of the molecule is CC(C)Oc1cccc(CC(=O)N(C)CCC(N)C(C)C)c1. The summed E-state index contributed by atoms with van der Waals surface area (Å²) < 4.78 is 5.66. The molecule has 1 atom stereocenters. The molecule has 22 heavy (non-hydrogen) atoms. The van der Waals surface area contributed by atoms with E-state index in [9.17, 15) is 4.79 Å². The van der Waals surface area contributed by atoms with Crippen molar-refractivity contribution in [3.8, 4) is 5.75 Å². The molecule has 4 nitrogen and oxygen atoms in total. The van der Waals surface area contributed by atoms with Crippen molar-refractivity contribution in [2.75, 3.05) is 13.6 Å². The van der Waals surface area contributed by atoms with Gasteiger partial charge in [0.25, 0.3) is 0 Å². The molecule has 0 heterocycles. The summed E-state index contributed by atoms with van der Waals surface area (Å²) in [4.78, 5) is 14.0. The van der Waals surface area contributed by atoms with E-state index in [0.717, 1.165) is 17.7 Å². The minimum atomic E-state index is 0.109. The summed E-state index contributed by atoms with van der Waals surface area (Å²) in [6.07, 6.45) is 1.35. The number of hydrogen-bond acceptors (Lipinski definition) is 3. The van der Waals surface area contributed by atoms with E-state index < -0.39 is 0 Å². The molecule has 0 radical (unpaired) electrons. The molecule has 0 aliphatic heterocycles. The lowest BCUT2D eigenvalue weighted by atomic mass is 10.0. The molecule has 124 valence electrons. The second-order valence-corrected chi connectivity index (χ2v) is 6.50. The van der Waals surface area contributed by atoms with Gasteiger partial charge >= 0.3 is 0 Å². The van der Waals surface area contributed by atoms with Crippen LogP contribution in [0.15, 0.2) is 24.3 Å². The summed E-state index contributed by atoms with van der Waals surface area (Å²) >= 11 is 0. The van der Waals surface area contributed by atoms with E-state index in [1.807, 2.05) is 45.2 Å². The molecular formula is C18H30N2O2. The topological polar surface area (TPSA) is 55.6 Å². The van der Waals surface area contributed by atoms with Gasteiger partial charge in [-0.15, -0.1) is 0 Å². The van der Waals surface area contributed by atoms with Crippen LogP contribution >= 0.6 is 0 Å². The predicted octanol–water partition coefficient (Wildman–Crippen LogP) is 2.85. The molecule has 4 heteroatoms. The molecule has 1 aromatic rings. The van der Waals surface area contributed by atoms with Gasteiger partial charge in [0.05, 0.1) is 12.5 Å². The van der Waals surface area contributed by atoms with E-state index in [-0.39, 0.29) is 18.1 Å². The molecular weight excluding hydrogens is 276 g/mol. The van der Waals surface area contributed by atoms with Gasteiger partial charge in [0.1, 0.15) is 5.75 Å². The molecule has 0 aliphatic carbocycles. The third-order valence-electron chi connectivity index (χ3n) is 3.71. The van der Waals surface area contributed by atoms with Gasteiger partial charge in [0.15, 0.2) is 0 Å². The zero-order valence-electron chi connectivity index (χ0n) is 14.5. The minimum Gasteiger partial charge on any atom is -0.491 e. The Balaban J connectivity index is 2.53. The van der Waals surface area contributed by atoms with Gasteiger partial charge in [-0.3, -0.25) is 4.79 Å². The Bertz CT molecular complexity index is 472. The van der Waals surface area contributed by atoms with Crippen molar-refractivity contribution in [3.05, 3.63) is 29.8 Å². The van der Waals surface area contributed by atoms with Gasteiger partial charge in [0.2, 0.25) is 5.91 Å². The monoisotopic (exact) mass is 306 g/mol. The maximum atomic E-state index is 12.3. The molecule has 0 bridgehead atoms. The fraction of sp³-hybridized carbons (Fsp3) is 0.611. The molecule has 0 fully saturated rings. The number of carbonyl (C=O) groups excluding carboxylic acids is 1. The number of amides is 1. The number of benzene rings is 1. The number of ether oxygens (including phenoxy) is 1. The summed E-state index contributed by atoms with van der Waals surface area (Å²) in [5.74, 6) is 1.36. The lowest BCUT2D eigenvalue weighted by Crippen LogP contribution is -2.35. The zero-order valence-corrected chi connectivity index (χ0v) is 14.5.